The number of aliphatic hydroxyl groups is 3. The van der Waals surface area contributed by atoms with Gasteiger partial charge in [0.25, 0.3) is 0 Å². The van der Waals surface area contributed by atoms with Gasteiger partial charge in [-0.3, -0.25) is 0 Å². The second-order valence-electron chi connectivity index (χ2n) is 2.86. The Bertz CT molecular complexity index is 119. The Morgan fingerprint density at radius 3 is 2.27 bits per heavy atom. The molecule has 0 spiro atoms. The number of β-amino-alcohol motifs (C(OH)–C–C–N with tert-alkyl or cyclic N) is 2. The number of rotatable bonds is 0. The van der Waals surface area contributed by atoms with Crippen LogP contribution in [0.1, 0.15) is 0 Å². The number of hydrogen-bond donors (Lipinski definition) is 5. The van der Waals surface area contributed by atoms with Crippen LogP contribution in [0.25, 0.3) is 0 Å². The summed E-state index contributed by atoms with van der Waals surface area (Å²) in [5.41, 5.74) is 5.41. The Morgan fingerprint density at radius 1 is 1.09 bits per heavy atom. The van der Waals surface area contributed by atoms with Crippen LogP contribution in [-0.4, -0.2) is 52.8 Å². The molecule has 5 nitrogen and oxygen atoms in total. The van der Waals surface area contributed by atoms with E-state index in [0.717, 1.165) is 0 Å². The molecular weight excluding hydrogens is 148 g/mol. The predicted molar refractivity (Wildman–Crippen MR) is 38.9 cm³/mol. The minimum absolute atomic E-state index is 0.270. The van der Waals surface area contributed by atoms with Crippen molar-refractivity contribution in [3.05, 3.63) is 0 Å². The van der Waals surface area contributed by atoms with Gasteiger partial charge < -0.3 is 26.4 Å². The number of nitrogens with one attached hydrogen (secondary N) is 1. The molecule has 0 aromatic heterocycles. The average molecular weight is 162 g/mol. The summed E-state index contributed by atoms with van der Waals surface area (Å²) in [6.45, 7) is 0.585. The Morgan fingerprint density at radius 2 is 1.64 bits per heavy atom. The van der Waals surface area contributed by atoms with Gasteiger partial charge in [-0.15, -0.1) is 0 Å². The summed E-state index contributed by atoms with van der Waals surface area (Å²) in [7, 11) is 0. The number of aliphatic hydroxyl groups excluding tert-OH is 3. The minimum atomic E-state index is -1.04. The second kappa shape index (κ2) is 3.46. The predicted octanol–water partition coefficient (Wildman–Crippen LogP) is -3.00. The molecule has 1 aliphatic heterocycles. The Kier molecular flexibility index (Phi) is 2.80. The summed E-state index contributed by atoms with van der Waals surface area (Å²) < 4.78 is 0. The highest BCUT2D eigenvalue weighted by atomic mass is 16.3. The molecule has 5 heteroatoms. The zero-order valence-corrected chi connectivity index (χ0v) is 6.14. The van der Waals surface area contributed by atoms with E-state index >= 15 is 0 Å². The molecule has 4 atom stereocenters. The van der Waals surface area contributed by atoms with Crippen molar-refractivity contribution in [3.8, 4) is 0 Å². The van der Waals surface area contributed by atoms with E-state index in [1.807, 2.05) is 0 Å². The van der Waals surface area contributed by atoms with Crippen LogP contribution >= 0.6 is 0 Å². The van der Waals surface area contributed by atoms with Gasteiger partial charge >= 0.3 is 0 Å². The van der Waals surface area contributed by atoms with E-state index in [4.69, 9.17) is 10.8 Å². The molecule has 66 valence electrons. The molecule has 1 rings (SSSR count). The van der Waals surface area contributed by atoms with Crippen LogP contribution in [0.2, 0.25) is 0 Å². The maximum atomic E-state index is 9.22. The summed E-state index contributed by atoms with van der Waals surface area (Å²) in [6, 6.07) is -0.764. The molecule has 6 N–H and O–H groups in total. The fourth-order valence-corrected chi connectivity index (χ4v) is 1.12. The Labute approximate surface area is 64.8 Å². The van der Waals surface area contributed by atoms with E-state index < -0.39 is 24.4 Å². The lowest BCUT2D eigenvalue weighted by atomic mass is 10.0. The lowest BCUT2D eigenvalue weighted by Crippen LogP contribution is -2.49. The molecule has 0 aliphatic carbocycles. The van der Waals surface area contributed by atoms with Crippen LogP contribution in [-0.2, 0) is 0 Å². The van der Waals surface area contributed by atoms with E-state index in [9.17, 15) is 10.2 Å². The molecule has 0 aromatic carbocycles. The first-order valence-electron chi connectivity index (χ1n) is 3.63. The van der Waals surface area contributed by atoms with Crippen molar-refractivity contribution in [1.82, 2.24) is 5.32 Å². The first-order chi connectivity index (χ1) is 5.13. The van der Waals surface area contributed by atoms with Crippen molar-refractivity contribution >= 4 is 0 Å². The Hall–Kier alpha value is -0.200. The minimum Gasteiger partial charge on any atom is -0.390 e. The van der Waals surface area contributed by atoms with Gasteiger partial charge in [-0.05, 0) is 0 Å². The van der Waals surface area contributed by atoms with Gasteiger partial charge in [0.2, 0.25) is 0 Å². The van der Waals surface area contributed by atoms with Gasteiger partial charge in [0.15, 0.2) is 0 Å². The van der Waals surface area contributed by atoms with Crippen LogP contribution in [0.15, 0.2) is 0 Å². The van der Waals surface area contributed by atoms with Crippen molar-refractivity contribution in [2.45, 2.75) is 24.4 Å². The van der Waals surface area contributed by atoms with Gasteiger partial charge in [-0.25, -0.2) is 0 Å². The summed E-state index contributed by atoms with van der Waals surface area (Å²) >= 11 is 0. The molecule has 0 radical (unpaired) electrons. The van der Waals surface area contributed by atoms with Gasteiger partial charge in [-0.1, -0.05) is 0 Å². The lowest BCUT2D eigenvalue weighted by molar-refractivity contribution is -0.00956. The largest absolute Gasteiger partial charge is 0.390 e. The third-order valence-corrected chi connectivity index (χ3v) is 1.94. The van der Waals surface area contributed by atoms with E-state index in [0.29, 0.717) is 6.54 Å². The quantitative estimate of drug-likeness (QED) is 0.261. The lowest BCUT2D eigenvalue weighted by Gasteiger charge is -2.22. The van der Waals surface area contributed by atoms with Crippen molar-refractivity contribution in [2.24, 2.45) is 5.73 Å². The average Bonchev–Trinajstić information content (AvgIpc) is 2.07. The molecule has 0 saturated carbocycles. The molecule has 0 amide bonds. The number of nitrogens with two attached hydrogens (primary N) is 1. The molecule has 0 bridgehead atoms. The summed E-state index contributed by atoms with van der Waals surface area (Å²) in [5.74, 6) is 0. The Balaban J connectivity index is 2.58. The SMILES string of the molecule is N[C@H]1[C@H](O)[C@H](O)CNC[C@H]1O. The molecule has 1 saturated heterocycles. The fourth-order valence-electron chi connectivity index (χ4n) is 1.12. The van der Waals surface area contributed by atoms with Crippen LogP contribution in [0, 0.1) is 0 Å². The van der Waals surface area contributed by atoms with E-state index in [2.05, 4.69) is 5.32 Å². The smallest absolute Gasteiger partial charge is 0.0987 e. The molecule has 0 aromatic rings. The zero-order valence-electron chi connectivity index (χ0n) is 6.14. The molecule has 11 heavy (non-hydrogen) atoms. The van der Waals surface area contributed by atoms with Crippen LogP contribution < -0.4 is 11.1 Å². The highest BCUT2D eigenvalue weighted by Crippen LogP contribution is 2.05. The first kappa shape index (κ1) is 8.89. The van der Waals surface area contributed by atoms with Gasteiger partial charge in [0, 0.05) is 13.1 Å². The van der Waals surface area contributed by atoms with Crippen molar-refractivity contribution in [1.29, 1.82) is 0 Å². The topological polar surface area (TPSA) is 98.7 Å². The third-order valence-electron chi connectivity index (χ3n) is 1.94. The summed E-state index contributed by atoms with van der Waals surface area (Å²) in [5, 5.41) is 30.3. The fraction of sp³-hybridized carbons (Fsp3) is 1.00. The first-order valence-corrected chi connectivity index (χ1v) is 3.63. The van der Waals surface area contributed by atoms with E-state index in [1.165, 1.54) is 0 Å². The van der Waals surface area contributed by atoms with E-state index in [1.54, 1.807) is 0 Å². The maximum absolute atomic E-state index is 9.22. The van der Waals surface area contributed by atoms with Gasteiger partial charge in [0.1, 0.15) is 0 Å². The second-order valence-corrected chi connectivity index (χ2v) is 2.86. The standard InChI is InChI=1S/C6H14N2O3/c7-5-3(9)1-8-2-4(10)6(5)11/h3-6,8-11H,1-2,7H2/t3-,4-,5-,6-/m1/s1. The molecule has 1 heterocycles. The third kappa shape index (κ3) is 1.88. The highest BCUT2D eigenvalue weighted by Gasteiger charge is 2.31. The molecule has 0 unspecified atom stereocenters. The van der Waals surface area contributed by atoms with Gasteiger partial charge in [-0.2, -0.15) is 0 Å². The summed E-state index contributed by atoms with van der Waals surface area (Å²) in [4.78, 5) is 0. The normalized spacial score (nSPS) is 46.9. The highest BCUT2D eigenvalue weighted by molar-refractivity contribution is 4.89. The maximum Gasteiger partial charge on any atom is 0.0987 e. The van der Waals surface area contributed by atoms with Crippen LogP contribution in [0.5, 0.6) is 0 Å². The molecule has 1 fully saturated rings. The summed E-state index contributed by atoms with van der Waals surface area (Å²) in [6.07, 6.45) is -2.72. The van der Waals surface area contributed by atoms with Crippen LogP contribution in [0.4, 0.5) is 0 Å². The van der Waals surface area contributed by atoms with Crippen molar-refractivity contribution in [3.63, 3.8) is 0 Å². The molecular formula is C6H14N2O3. The number of hydrogen-bond acceptors (Lipinski definition) is 5. The zero-order chi connectivity index (χ0) is 8.43. The van der Waals surface area contributed by atoms with E-state index in [-0.39, 0.29) is 6.54 Å². The van der Waals surface area contributed by atoms with Crippen molar-refractivity contribution < 1.29 is 15.3 Å². The van der Waals surface area contributed by atoms with Crippen molar-refractivity contribution in [2.75, 3.05) is 13.1 Å². The van der Waals surface area contributed by atoms with Crippen LogP contribution in [0.3, 0.4) is 0 Å². The monoisotopic (exact) mass is 162 g/mol. The molecule has 1 aliphatic rings. The van der Waals surface area contributed by atoms with Gasteiger partial charge in [0.05, 0.1) is 24.4 Å².